The second kappa shape index (κ2) is 9.56. The number of aromatic nitrogens is 1. The van der Waals surface area contributed by atoms with Crippen molar-refractivity contribution in [3.8, 4) is 0 Å². The summed E-state index contributed by atoms with van der Waals surface area (Å²) in [6.45, 7) is 1.56. The lowest BCUT2D eigenvalue weighted by atomic mass is 10.1. The summed E-state index contributed by atoms with van der Waals surface area (Å²) < 4.78 is 5.76. The fourth-order valence-corrected chi connectivity index (χ4v) is 4.72. The molecule has 0 unspecified atom stereocenters. The van der Waals surface area contributed by atoms with Gasteiger partial charge in [-0.05, 0) is 54.8 Å². The molecule has 8 nitrogen and oxygen atoms in total. The van der Waals surface area contributed by atoms with Crippen LogP contribution in [0.4, 0.5) is 17.1 Å². The van der Waals surface area contributed by atoms with Crippen LogP contribution in [0.3, 0.4) is 0 Å². The molecule has 1 aliphatic heterocycles. The molecule has 1 aliphatic rings. The number of nitro groups is 1. The fourth-order valence-electron chi connectivity index (χ4n) is 4.20. The molecule has 3 aromatic carbocycles. The Morgan fingerprint density at radius 1 is 1.09 bits per heavy atom. The van der Waals surface area contributed by atoms with Crippen molar-refractivity contribution in [3.05, 3.63) is 91.8 Å². The Labute approximate surface area is 210 Å². The monoisotopic (exact) mass is 510 g/mol. The summed E-state index contributed by atoms with van der Waals surface area (Å²) in [4.78, 5) is 30.4. The van der Waals surface area contributed by atoms with Crippen molar-refractivity contribution in [3.63, 3.8) is 0 Å². The van der Waals surface area contributed by atoms with Crippen LogP contribution in [0, 0.1) is 10.1 Å². The molecule has 1 fully saturated rings. The lowest BCUT2D eigenvalue weighted by Crippen LogP contribution is -2.19. The Morgan fingerprint density at radius 3 is 2.54 bits per heavy atom. The Kier molecular flexibility index (Phi) is 6.32. The smallest absolute Gasteiger partial charge is 0.293 e. The standard InChI is InChI=1S/C25H20Cl2N4O4/c26-17-13-19(27)24-20(14-17)29-23(35-24)11-15-3-6-18(7-4-15)28-25(32)16-5-8-21(22(12-16)31(33)34)30-9-1-2-10-30/h3-8,12-14H,1-2,9-11H2,(H,28,32). The average molecular weight is 511 g/mol. The van der Waals surface area contributed by atoms with Gasteiger partial charge in [0.25, 0.3) is 11.6 Å². The molecule has 1 N–H and O–H groups in total. The molecule has 35 heavy (non-hydrogen) atoms. The molecule has 1 aromatic heterocycles. The first-order valence-electron chi connectivity index (χ1n) is 11.1. The summed E-state index contributed by atoms with van der Waals surface area (Å²) in [6, 6.07) is 15.1. The number of nitro benzene ring substituents is 1. The van der Waals surface area contributed by atoms with Gasteiger partial charge in [0.15, 0.2) is 11.5 Å². The van der Waals surface area contributed by atoms with Gasteiger partial charge in [0.2, 0.25) is 0 Å². The molecule has 0 aliphatic carbocycles. The van der Waals surface area contributed by atoms with Crippen LogP contribution in [0.5, 0.6) is 0 Å². The highest BCUT2D eigenvalue weighted by molar-refractivity contribution is 6.37. The molecule has 0 atom stereocenters. The zero-order valence-corrected chi connectivity index (χ0v) is 20.0. The molecule has 0 saturated carbocycles. The van der Waals surface area contributed by atoms with Crippen molar-refractivity contribution in [2.45, 2.75) is 19.3 Å². The van der Waals surface area contributed by atoms with E-state index < -0.39 is 10.8 Å². The van der Waals surface area contributed by atoms with E-state index in [1.165, 1.54) is 6.07 Å². The lowest BCUT2D eigenvalue weighted by molar-refractivity contribution is -0.384. The van der Waals surface area contributed by atoms with E-state index in [0.717, 1.165) is 31.5 Å². The number of rotatable bonds is 6. The Hall–Kier alpha value is -3.62. The topological polar surface area (TPSA) is 102 Å². The van der Waals surface area contributed by atoms with E-state index in [0.29, 0.717) is 44.8 Å². The number of carbonyl (C=O) groups excluding carboxylic acids is 1. The van der Waals surface area contributed by atoms with Gasteiger partial charge in [-0.3, -0.25) is 14.9 Å². The highest BCUT2D eigenvalue weighted by Crippen LogP contribution is 2.32. The van der Waals surface area contributed by atoms with Gasteiger partial charge in [0, 0.05) is 41.9 Å². The molecule has 1 amide bonds. The first kappa shape index (κ1) is 23.1. The van der Waals surface area contributed by atoms with Crippen LogP contribution >= 0.6 is 23.2 Å². The molecule has 2 heterocycles. The zero-order valence-electron chi connectivity index (χ0n) is 18.5. The van der Waals surface area contributed by atoms with Gasteiger partial charge in [-0.1, -0.05) is 35.3 Å². The summed E-state index contributed by atoms with van der Waals surface area (Å²) in [7, 11) is 0. The lowest BCUT2D eigenvalue weighted by Gasteiger charge is -2.17. The largest absolute Gasteiger partial charge is 0.439 e. The normalized spacial score (nSPS) is 13.4. The van der Waals surface area contributed by atoms with Gasteiger partial charge in [-0.25, -0.2) is 4.98 Å². The third kappa shape index (κ3) is 4.94. The van der Waals surface area contributed by atoms with Crippen LogP contribution in [0.25, 0.3) is 11.1 Å². The van der Waals surface area contributed by atoms with Gasteiger partial charge in [0.1, 0.15) is 11.2 Å². The maximum atomic E-state index is 12.8. The highest BCUT2D eigenvalue weighted by atomic mass is 35.5. The van der Waals surface area contributed by atoms with Crippen LogP contribution in [0.2, 0.25) is 10.0 Å². The summed E-state index contributed by atoms with van der Waals surface area (Å²) in [5, 5.41) is 15.3. The van der Waals surface area contributed by atoms with Gasteiger partial charge in [-0.2, -0.15) is 0 Å². The van der Waals surface area contributed by atoms with E-state index in [9.17, 15) is 14.9 Å². The molecule has 5 rings (SSSR count). The molecule has 4 aromatic rings. The average Bonchev–Trinajstić information content (AvgIpc) is 3.50. The summed E-state index contributed by atoms with van der Waals surface area (Å²) >= 11 is 12.2. The summed E-state index contributed by atoms with van der Waals surface area (Å²) in [5.41, 5.74) is 3.28. The fraction of sp³-hybridized carbons (Fsp3) is 0.200. The van der Waals surface area contributed by atoms with Crippen LogP contribution in [0.15, 0.2) is 59.0 Å². The number of oxazole rings is 1. The third-order valence-electron chi connectivity index (χ3n) is 5.90. The van der Waals surface area contributed by atoms with E-state index in [2.05, 4.69) is 10.3 Å². The number of anilines is 2. The number of hydrogen-bond acceptors (Lipinski definition) is 6. The van der Waals surface area contributed by atoms with E-state index in [1.54, 1.807) is 36.4 Å². The van der Waals surface area contributed by atoms with Gasteiger partial charge in [-0.15, -0.1) is 0 Å². The first-order chi connectivity index (χ1) is 16.9. The Balaban J connectivity index is 1.29. The number of hydrogen-bond donors (Lipinski definition) is 1. The molecular weight excluding hydrogens is 491 g/mol. The maximum Gasteiger partial charge on any atom is 0.293 e. The number of halogens is 2. The predicted octanol–water partition coefficient (Wildman–Crippen LogP) is 6.49. The third-order valence-corrected chi connectivity index (χ3v) is 6.40. The van der Waals surface area contributed by atoms with E-state index in [-0.39, 0.29) is 11.3 Å². The number of amides is 1. The SMILES string of the molecule is O=C(Nc1ccc(Cc2nc3cc(Cl)cc(Cl)c3o2)cc1)c1ccc(N2CCCC2)c([N+](=O)[O-])c1. The van der Waals surface area contributed by atoms with Crippen molar-refractivity contribution in [1.29, 1.82) is 0 Å². The van der Waals surface area contributed by atoms with Crippen LogP contribution in [-0.4, -0.2) is 28.9 Å². The van der Waals surface area contributed by atoms with Crippen molar-refractivity contribution in [1.82, 2.24) is 4.98 Å². The summed E-state index contributed by atoms with van der Waals surface area (Å²) in [5.74, 6) is 0.0747. The van der Waals surface area contributed by atoms with Crippen molar-refractivity contribution in [2.24, 2.45) is 0 Å². The van der Waals surface area contributed by atoms with E-state index >= 15 is 0 Å². The van der Waals surface area contributed by atoms with Crippen molar-refractivity contribution >= 4 is 57.3 Å². The Bertz CT molecular complexity index is 1430. The highest BCUT2D eigenvalue weighted by Gasteiger charge is 2.24. The minimum atomic E-state index is -0.438. The number of nitrogens with zero attached hydrogens (tertiary/aromatic N) is 3. The van der Waals surface area contributed by atoms with Gasteiger partial charge in [0.05, 0.1) is 9.95 Å². The summed E-state index contributed by atoms with van der Waals surface area (Å²) in [6.07, 6.45) is 2.44. The van der Waals surface area contributed by atoms with E-state index in [1.807, 2.05) is 17.0 Å². The minimum absolute atomic E-state index is 0.0605. The zero-order chi connectivity index (χ0) is 24.5. The quantitative estimate of drug-likeness (QED) is 0.235. The van der Waals surface area contributed by atoms with Crippen molar-refractivity contribution < 1.29 is 14.1 Å². The van der Waals surface area contributed by atoms with Crippen LogP contribution in [0.1, 0.15) is 34.7 Å². The van der Waals surface area contributed by atoms with E-state index in [4.69, 9.17) is 27.6 Å². The second-order valence-electron chi connectivity index (χ2n) is 8.33. The van der Waals surface area contributed by atoms with Gasteiger partial charge >= 0.3 is 0 Å². The molecule has 0 bridgehead atoms. The predicted molar refractivity (Wildman–Crippen MR) is 136 cm³/mol. The Morgan fingerprint density at radius 2 is 1.83 bits per heavy atom. The molecule has 10 heteroatoms. The van der Waals surface area contributed by atoms with Gasteiger partial charge < -0.3 is 14.6 Å². The maximum absolute atomic E-state index is 12.8. The second-order valence-corrected chi connectivity index (χ2v) is 9.17. The van der Waals surface area contributed by atoms with Crippen LogP contribution < -0.4 is 10.2 Å². The minimum Gasteiger partial charge on any atom is -0.439 e. The number of carbonyl (C=O) groups is 1. The van der Waals surface area contributed by atoms with Crippen LogP contribution in [-0.2, 0) is 6.42 Å². The molecule has 1 saturated heterocycles. The van der Waals surface area contributed by atoms with Crippen molar-refractivity contribution in [2.75, 3.05) is 23.3 Å². The first-order valence-corrected chi connectivity index (χ1v) is 11.8. The number of fused-ring (bicyclic) bond motifs is 1. The molecule has 0 spiro atoms. The molecule has 178 valence electrons. The number of nitrogens with one attached hydrogen (secondary N) is 1. The number of benzene rings is 3. The molecular formula is C25H20Cl2N4O4. The molecule has 0 radical (unpaired) electrons.